The van der Waals surface area contributed by atoms with Gasteiger partial charge >= 0.3 is 0 Å². The number of nitrogens with zero attached hydrogens (tertiary/aromatic N) is 4. The number of hydrogen-bond donors (Lipinski definition) is 1. The summed E-state index contributed by atoms with van der Waals surface area (Å²) in [5, 5.41) is 3.25. The van der Waals surface area contributed by atoms with Crippen LogP contribution in [0.3, 0.4) is 0 Å². The number of rotatable bonds is 3. The normalized spacial score (nSPS) is 15.7. The van der Waals surface area contributed by atoms with E-state index in [1.165, 1.54) is 0 Å². The number of amides is 1. The fraction of sp³-hybridized carbons (Fsp3) is 0.462. The van der Waals surface area contributed by atoms with E-state index in [2.05, 4.69) is 19.9 Å². The molecule has 7 heteroatoms. The van der Waals surface area contributed by atoms with Crippen LogP contribution in [-0.2, 0) is 13.1 Å². The van der Waals surface area contributed by atoms with Crippen molar-refractivity contribution >= 4 is 17.2 Å². The second-order valence-corrected chi connectivity index (χ2v) is 5.83. The number of carbonyl (C=O) groups excluding carboxylic acids is 1. The first-order valence-electron chi connectivity index (χ1n) is 6.59. The predicted octanol–water partition coefficient (Wildman–Crippen LogP) is 1.28. The molecular weight excluding hydrogens is 274 g/mol. The minimum Gasteiger partial charge on any atom is -0.333 e. The summed E-state index contributed by atoms with van der Waals surface area (Å²) in [6, 6.07) is 0.00635. The molecule has 0 aromatic carbocycles. The summed E-state index contributed by atoms with van der Waals surface area (Å²) in [6.07, 6.45) is 3.66. The number of fused-ring (bicyclic) bond motifs is 1. The Morgan fingerprint density at radius 1 is 1.60 bits per heavy atom. The lowest BCUT2D eigenvalue weighted by molar-refractivity contribution is 0.0739. The molecule has 0 fully saturated rings. The maximum absolute atomic E-state index is 12.5. The monoisotopic (exact) mass is 291 g/mol. The smallest absolute Gasteiger partial charge is 0.274 e. The van der Waals surface area contributed by atoms with E-state index >= 15 is 0 Å². The molecule has 3 heterocycles. The van der Waals surface area contributed by atoms with Crippen LogP contribution in [0.4, 0.5) is 0 Å². The van der Waals surface area contributed by atoms with E-state index in [4.69, 9.17) is 0 Å². The highest BCUT2D eigenvalue weighted by atomic mass is 32.1. The average molecular weight is 291 g/mol. The molecule has 106 valence electrons. The molecule has 20 heavy (non-hydrogen) atoms. The number of nitrogens with one attached hydrogen (secondary N) is 1. The molecular formula is C13H17N5OS. The molecule has 1 unspecified atom stereocenters. The van der Waals surface area contributed by atoms with Gasteiger partial charge in [-0.05, 0) is 6.92 Å². The topological polar surface area (TPSA) is 63.1 Å². The lowest BCUT2D eigenvalue weighted by Gasteiger charge is -2.22. The van der Waals surface area contributed by atoms with Crippen LogP contribution in [0.5, 0.6) is 0 Å². The van der Waals surface area contributed by atoms with Crippen LogP contribution in [0.15, 0.2) is 17.9 Å². The van der Waals surface area contributed by atoms with E-state index in [0.717, 1.165) is 30.3 Å². The number of thiazole rings is 1. The van der Waals surface area contributed by atoms with Crippen molar-refractivity contribution in [1.29, 1.82) is 0 Å². The SMILES string of the molecule is CC(c1cncs1)N(C)C(=O)c1cn2c(n1)CNCC2. The third-order valence-electron chi connectivity index (χ3n) is 3.66. The van der Waals surface area contributed by atoms with Gasteiger partial charge in [-0.1, -0.05) is 0 Å². The molecule has 0 saturated carbocycles. The molecule has 1 aliphatic rings. The standard InChI is InChI=1S/C13H17N5OS/c1-9(11-5-15-8-20-11)17(2)13(19)10-7-18-4-3-14-6-12(18)16-10/h5,7-9,14H,3-4,6H2,1-2H3. The molecule has 0 bridgehead atoms. The Labute approximate surface area is 121 Å². The van der Waals surface area contributed by atoms with E-state index in [1.807, 2.05) is 20.2 Å². The van der Waals surface area contributed by atoms with Crippen molar-refractivity contribution in [2.24, 2.45) is 0 Å². The highest BCUT2D eigenvalue weighted by Gasteiger charge is 2.23. The van der Waals surface area contributed by atoms with Crippen molar-refractivity contribution in [2.45, 2.75) is 26.1 Å². The molecule has 3 rings (SSSR count). The fourth-order valence-corrected chi connectivity index (χ4v) is 2.99. The van der Waals surface area contributed by atoms with Crippen LogP contribution < -0.4 is 5.32 Å². The summed E-state index contributed by atoms with van der Waals surface area (Å²) in [7, 11) is 1.81. The fourth-order valence-electron chi connectivity index (χ4n) is 2.27. The summed E-state index contributed by atoms with van der Waals surface area (Å²) < 4.78 is 2.05. The molecule has 1 aliphatic heterocycles. The van der Waals surface area contributed by atoms with Gasteiger partial charge in [0.1, 0.15) is 11.5 Å². The van der Waals surface area contributed by atoms with Crippen LogP contribution in [0.1, 0.15) is 34.2 Å². The van der Waals surface area contributed by atoms with E-state index in [0.29, 0.717) is 5.69 Å². The van der Waals surface area contributed by atoms with E-state index in [1.54, 1.807) is 27.9 Å². The van der Waals surface area contributed by atoms with Gasteiger partial charge in [0.15, 0.2) is 0 Å². The molecule has 0 aliphatic carbocycles. The maximum atomic E-state index is 12.5. The average Bonchev–Trinajstić information content (AvgIpc) is 3.13. The number of carbonyl (C=O) groups is 1. The second-order valence-electron chi connectivity index (χ2n) is 4.91. The predicted molar refractivity (Wildman–Crippen MR) is 76.6 cm³/mol. The van der Waals surface area contributed by atoms with Gasteiger partial charge < -0.3 is 14.8 Å². The quantitative estimate of drug-likeness (QED) is 0.925. The molecule has 0 saturated heterocycles. The van der Waals surface area contributed by atoms with Crippen LogP contribution in [0, 0.1) is 0 Å². The first-order chi connectivity index (χ1) is 9.66. The Hall–Kier alpha value is -1.73. The van der Waals surface area contributed by atoms with Gasteiger partial charge in [0.25, 0.3) is 5.91 Å². The number of aromatic nitrogens is 3. The third kappa shape index (κ3) is 2.34. The lowest BCUT2D eigenvalue weighted by atomic mass is 10.2. The molecule has 6 nitrogen and oxygen atoms in total. The summed E-state index contributed by atoms with van der Waals surface area (Å²) in [5.41, 5.74) is 2.30. The van der Waals surface area contributed by atoms with Crippen molar-refractivity contribution in [3.8, 4) is 0 Å². The summed E-state index contributed by atoms with van der Waals surface area (Å²) >= 11 is 1.56. The van der Waals surface area contributed by atoms with E-state index in [9.17, 15) is 4.79 Å². The molecule has 1 N–H and O–H groups in total. The molecule has 0 spiro atoms. The van der Waals surface area contributed by atoms with Crippen molar-refractivity contribution in [1.82, 2.24) is 24.8 Å². The van der Waals surface area contributed by atoms with Gasteiger partial charge in [-0.25, -0.2) is 4.98 Å². The van der Waals surface area contributed by atoms with E-state index < -0.39 is 0 Å². The molecule has 1 atom stereocenters. The highest BCUT2D eigenvalue weighted by Crippen LogP contribution is 2.23. The zero-order chi connectivity index (χ0) is 14.1. The molecule has 0 radical (unpaired) electrons. The molecule has 2 aromatic heterocycles. The minimum absolute atomic E-state index is 0.00635. The summed E-state index contributed by atoms with van der Waals surface area (Å²) in [5.74, 6) is 0.881. The Kier molecular flexibility index (Phi) is 3.54. The number of hydrogen-bond acceptors (Lipinski definition) is 5. The Morgan fingerprint density at radius 3 is 3.15 bits per heavy atom. The zero-order valence-electron chi connectivity index (χ0n) is 11.5. The van der Waals surface area contributed by atoms with Crippen molar-refractivity contribution in [3.05, 3.63) is 34.3 Å². The van der Waals surface area contributed by atoms with Crippen LogP contribution in [0.25, 0.3) is 0 Å². The van der Waals surface area contributed by atoms with Crippen LogP contribution >= 0.6 is 11.3 Å². The van der Waals surface area contributed by atoms with Gasteiger partial charge in [0.2, 0.25) is 0 Å². The van der Waals surface area contributed by atoms with Gasteiger partial charge in [0, 0.05) is 37.4 Å². The lowest BCUT2D eigenvalue weighted by Crippen LogP contribution is -2.29. The number of imidazole rings is 1. The van der Waals surface area contributed by atoms with Gasteiger partial charge in [-0.15, -0.1) is 11.3 Å². The Balaban J connectivity index is 1.79. The second kappa shape index (κ2) is 5.34. The Bertz CT molecular complexity index is 583. The van der Waals surface area contributed by atoms with Gasteiger partial charge in [-0.3, -0.25) is 9.78 Å². The largest absolute Gasteiger partial charge is 0.333 e. The third-order valence-corrected chi connectivity index (χ3v) is 4.60. The highest BCUT2D eigenvalue weighted by molar-refractivity contribution is 7.09. The van der Waals surface area contributed by atoms with Crippen LogP contribution in [0.2, 0.25) is 0 Å². The first kappa shape index (κ1) is 13.3. The zero-order valence-corrected chi connectivity index (χ0v) is 12.4. The summed E-state index contributed by atoms with van der Waals surface area (Å²) in [6.45, 7) is 4.51. The molecule has 1 amide bonds. The summed E-state index contributed by atoms with van der Waals surface area (Å²) in [4.78, 5) is 23.8. The van der Waals surface area contributed by atoms with Crippen LogP contribution in [-0.4, -0.2) is 38.9 Å². The minimum atomic E-state index is -0.0483. The molecule has 2 aromatic rings. The van der Waals surface area contributed by atoms with Crippen molar-refractivity contribution in [3.63, 3.8) is 0 Å². The van der Waals surface area contributed by atoms with Gasteiger partial charge in [0.05, 0.1) is 18.1 Å². The van der Waals surface area contributed by atoms with Crippen molar-refractivity contribution in [2.75, 3.05) is 13.6 Å². The first-order valence-corrected chi connectivity index (χ1v) is 7.47. The van der Waals surface area contributed by atoms with E-state index in [-0.39, 0.29) is 11.9 Å². The Morgan fingerprint density at radius 2 is 2.45 bits per heavy atom. The van der Waals surface area contributed by atoms with Gasteiger partial charge in [-0.2, -0.15) is 0 Å². The van der Waals surface area contributed by atoms with Crippen molar-refractivity contribution < 1.29 is 4.79 Å². The maximum Gasteiger partial charge on any atom is 0.274 e.